The number of fused-ring (bicyclic) bond motifs is 1. The smallest absolute Gasteiger partial charge is 0.228 e. The number of aryl methyl sites for hydroxylation is 1. The van der Waals surface area contributed by atoms with Gasteiger partial charge in [-0.2, -0.15) is 0 Å². The molecule has 2 aromatic rings. The van der Waals surface area contributed by atoms with Gasteiger partial charge >= 0.3 is 0 Å². The molecule has 1 aliphatic rings. The summed E-state index contributed by atoms with van der Waals surface area (Å²) in [5.41, 5.74) is 2.05. The van der Waals surface area contributed by atoms with Gasteiger partial charge in [-0.05, 0) is 25.5 Å². The number of hydrogen-bond acceptors (Lipinski definition) is 2. The molecule has 1 aromatic heterocycles. The summed E-state index contributed by atoms with van der Waals surface area (Å²) in [4.78, 5) is 12.3. The summed E-state index contributed by atoms with van der Waals surface area (Å²) in [5.74, 6) is 0.219. The molecule has 2 N–H and O–H groups in total. The van der Waals surface area contributed by atoms with Crippen LogP contribution in [0.5, 0.6) is 0 Å². The van der Waals surface area contributed by atoms with Gasteiger partial charge in [-0.15, -0.1) is 0 Å². The van der Waals surface area contributed by atoms with Gasteiger partial charge in [-0.3, -0.25) is 4.79 Å². The standard InChI is InChI=1S/C15H19N3O/c1-18-10-13(12-6-2-3-7-14(12)18)17-15(19)11-5-4-8-16-9-11/h2-3,6-7,10-11,16H,4-5,8-9H2,1H3,(H,17,19). The number of carbonyl (C=O) groups is 1. The van der Waals surface area contributed by atoms with E-state index < -0.39 is 0 Å². The SMILES string of the molecule is Cn1cc(NC(=O)C2CCCNC2)c2ccccc21. The third-order valence-corrected chi connectivity index (χ3v) is 3.82. The maximum absolute atomic E-state index is 12.3. The van der Waals surface area contributed by atoms with Crippen LogP contribution in [0.25, 0.3) is 10.9 Å². The number of aromatic nitrogens is 1. The Balaban J connectivity index is 1.83. The molecule has 1 aromatic carbocycles. The van der Waals surface area contributed by atoms with Crippen molar-refractivity contribution >= 4 is 22.5 Å². The lowest BCUT2D eigenvalue weighted by Gasteiger charge is -2.21. The van der Waals surface area contributed by atoms with Crippen LogP contribution in [0.15, 0.2) is 30.5 Å². The van der Waals surface area contributed by atoms with Gasteiger partial charge in [0.15, 0.2) is 0 Å². The predicted molar refractivity (Wildman–Crippen MR) is 77.1 cm³/mol. The molecule has 19 heavy (non-hydrogen) atoms. The zero-order chi connectivity index (χ0) is 13.2. The Kier molecular flexibility index (Phi) is 3.25. The Morgan fingerprint density at radius 3 is 3.05 bits per heavy atom. The first-order chi connectivity index (χ1) is 9.25. The van der Waals surface area contributed by atoms with E-state index in [4.69, 9.17) is 0 Å². The minimum atomic E-state index is 0.0905. The molecule has 0 saturated carbocycles. The summed E-state index contributed by atoms with van der Waals surface area (Å²) in [6.07, 6.45) is 4.04. The van der Waals surface area contributed by atoms with Crippen molar-refractivity contribution < 1.29 is 4.79 Å². The highest BCUT2D eigenvalue weighted by atomic mass is 16.1. The molecule has 4 nitrogen and oxygen atoms in total. The van der Waals surface area contributed by atoms with Crippen molar-refractivity contribution in [1.82, 2.24) is 9.88 Å². The predicted octanol–water partition coefficient (Wildman–Crippen LogP) is 2.12. The van der Waals surface area contributed by atoms with Crippen LogP contribution in [0.1, 0.15) is 12.8 Å². The molecule has 4 heteroatoms. The molecule has 1 unspecified atom stereocenters. The van der Waals surface area contributed by atoms with Crippen molar-refractivity contribution in [2.45, 2.75) is 12.8 Å². The summed E-state index contributed by atoms with van der Waals surface area (Å²) < 4.78 is 2.05. The van der Waals surface area contributed by atoms with Crippen molar-refractivity contribution in [3.05, 3.63) is 30.5 Å². The Bertz CT molecular complexity index is 596. The number of rotatable bonds is 2. The number of carbonyl (C=O) groups excluding carboxylic acids is 1. The first-order valence-corrected chi connectivity index (χ1v) is 6.81. The van der Waals surface area contributed by atoms with Gasteiger partial charge in [0.2, 0.25) is 5.91 Å². The normalized spacial score (nSPS) is 19.5. The quantitative estimate of drug-likeness (QED) is 0.865. The van der Waals surface area contributed by atoms with Crippen molar-refractivity contribution in [2.75, 3.05) is 18.4 Å². The average molecular weight is 257 g/mol. The molecule has 1 atom stereocenters. The van der Waals surface area contributed by atoms with E-state index in [0.717, 1.165) is 42.5 Å². The molecule has 0 aliphatic carbocycles. The average Bonchev–Trinajstić information content (AvgIpc) is 2.77. The van der Waals surface area contributed by atoms with E-state index in [9.17, 15) is 4.79 Å². The molecular weight excluding hydrogens is 238 g/mol. The second-order valence-corrected chi connectivity index (χ2v) is 5.20. The second-order valence-electron chi connectivity index (χ2n) is 5.20. The van der Waals surface area contributed by atoms with E-state index in [0.29, 0.717) is 0 Å². The van der Waals surface area contributed by atoms with Gasteiger partial charge in [-0.25, -0.2) is 0 Å². The molecule has 2 heterocycles. The Labute approximate surface area is 112 Å². The first-order valence-electron chi connectivity index (χ1n) is 6.81. The molecule has 100 valence electrons. The molecule has 3 rings (SSSR count). The number of nitrogens with one attached hydrogen (secondary N) is 2. The van der Waals surface area contributed by atoms with Gasteiger partial charge in [0.1, 0.15) is 0 Å². The monoisotopic (exact) mass is 257 g/mol. The lowest BCUT2D eigenvalue weighted by atomic mass is 9.99. The molecule has 0 bridgehead atoms. The van der Waals surface area contributed by atoms with Crippen LogP contribution in [-0.4, -0.2) is 23.6 Å². The van der Waals surface area contributed by atoms with Crippen LogP contribution in [0.4, 0.5) is 5.69 Å². The molecule has 1 fully saturated rings. The number of para-hydroxylation sites is 1. The van der Waals surface area contributed by atoms with E-state index >= 15 is 0 Å². The molecule has 0 spiro atoms. The number of benzene rings is 1. The number of nitrogens with zero attached hydrogens (tertiary/aromatic N) is 1. The van der Waals surface area contributed by atoms with Gasteiger partial charge < -0.3 is 15.2 Å². The third-order valence-electron chi connectivity index (χ3n) is 3.82. The lowest BCUT2D eigenvalue weighted by molar-refractivity contribution is -0.120. The Hall–Kier alpha value is -1.81. The fourth-order valence-corrected chi connectivity index (χ4v) is 2.75. The van der Waals surface area contributed by atoms with Crippen molar-refractivity contribution in [2.24, 2.45) is 13.0 Å². The maximum Gasteiger partial charge on any atom is 0.228 e. The minimum Gasteiger partial charge on any atom is -0.348 e. The summed E-state index contributed by atoms with van der Waals surface area (Å²) in [6.45, 7) is 1.81. The highest BCUT2D eigenvalue weighted by molar-refractivity contribution is 6.02. The van der Waals surface area contributed by atoms with E-state index in [2.05, 4.69) is 16.7 Å². The van der Waals surface area contributed by atoms with Crippen molar-refractivity contribution in [3.8, 4) is 0 Å². The third kappa shape index (κ3) is 2.36. The van der Waals surface area contributed by atoms with Gasteiger partial charge in [0.05, 0.1) is 11.6 Å². The maximum atomic E-state index is 12.3. The van der Waals surface area contributed by atoms with Crippen LogP contribution < -0.4 is 10.6 Å². The second kappa shape index (κ2) is 5.05. The van der Waals surface area contributed by atoms with Crippen LogP contribution in [-0.2, 0) is 11.8 Å². The van der Waals surface area contributed by atoms with Crippen LogP contribution in [0, 0.1) is 5.92 Å². The highest BCUT2D eigenvalue weighted by Crippen LogP contribution is 2.25. The molecule has 0 radical (unpaired) electrons. The minimum absolute atomic E-state index is 0.0905. The van der Waals surface area contributed by atoms with Crippen molar-refractivity contribution in [3.63, 3.8) is 0 Å². The van der Waals surface area contributed by atoms with Gasteiger partial charge in [0.25, 0.3) is 0 Å². The zero-order valence-corrected chi connectivity index (χ0v) is 11.1. The summed E-state index contributed by atoms with van der Waals surface area (Å²) in [6, 6.07) is 8.12. The molecule has 1 amide bonds. The van der Waals surface area contributed by atoms with Crippen LogP contribution >= 0.6 is 0 Å². The highest BCUT2D eigenvalue weighted by Gasteiger charge is 2.21. The molecule has 1 saturated heterocycles. The van der Waals surface area contributed by atoms with Gasteiger partial charge in [-0.1, -0.05) is 18.2 Å². The van der Waals surface area contributed by atoms with E-state index in [-0.39, 0.29) is 11.8 Å². The Morgan fingerprint density at radius 2 is 2.26 bits per heavy atom. The van der Waals surface area contributed by atoms with E-state index in [1.807, 2.05) is 36.0 Å². The van der Waals surface area contributed by atoms with Crippen molar-refractivity contribution in [1.29, 1.82) is 0 Å². The number of anilines is 1. The fourth-order valence-electron chi connectivity index (χ4n) is 2.75. The van der Waals surface area contributed by atoms with E-state index in [1.54, 1.807) is 0 Å². The first kappa shape index (κ1) is 12.2. The summed E-state index contributed by atoms with van der Waals surface area (Å²) in [5, 5.41) is 7.45. The van der Waals surface area contributed by atoms with Gasteiger partial charge in [0, 0.05) is 30.7 Å². The molecular formula is C15H19N3O. The van der Waals surface area contributed by atoms with E-state index in [1.165, 1.54) is 0 Å². The summed E-state index contributed by atoms with van der Waals surface area (Å²) in [7, 11) is 2.00. The fraction of sp³-hybridized carbons (Fsp3) is 0.400. The number of hydrogen-bond donors (Lipinski definition) is 2. The van der Waals surface area contributed by atoms with Crippen LogP contribution in [0.3, 0.4) is 0 Å². The van der Waals surface area contributed by atoms with Crippen LogP contribution in [0.2, 0.25) is 0 Å². The zero-order valence-electron chi connectivity index (χ0n) is 11.1. The lowest BCUT2D eigenvalue weighted by Crippen LogP contribution is -2.37. The molecule has 1 aliphatic heterocycles. The largest absolute Gasteiger partial charge is 0.348 e. The number of piperidine rings is 1. The Morgan fingerprint density at radius 1 is 1.42 bits per heavy atom. The number of amides is 1. The topological polar surface area (TPSA) is 46.1 Å². The summed E-state index contributed by atoms with van der Waals surface area (Å²) >= 11 is 0.